The quantitative estimate of drug-likeness (QED) is 0.0728. The molecule has 0 unspecified atom stereocenters. The van der Waals surface area contributed by atoms with Gasteiger partial charge in [0, 0.05) is 24.8 Å². The highest BCUT2D eigenvalue weighted by Gasteiger charge is 2.42. The minimum absolute atomic E-state index is 0.144. The van der Waals surface area contributed by atoms with Gasteiger partial charge in [-0.1, -0.05) is 153 Å². The van der Waals surface area contributed by atoms with Crippen LogP contribution in [-0.4, -0.2) is 42.7 Å². The molecule has 3 aromatic heterocycles. The lowest BCUT2D eigenvalue weighted by molar-refractivity contribution is 0.0442. The van der Waals surface area contributed by atoms with Crippen molar-refractivity contribution in [3.8, 4) is 22.5 Å². The molecule has 59 heavy (non-hydrogen) atoms. The van der Waals surface area contributed by atoms with Gasteiger partial charge in [-0.15, -0.1) is 5.10 Å². The Kier molecular flexibility index (Phi) is 11.3. The van der Waals surface area contributed by atoms with E-state index >= 15 is 0 Å². The molecule has 0 aliphatic heterocycles. The molecule has 294 valence electrons. The van der Waals surface area contributed by atoms with Crippen molar-refractivity contribution in [3.63, 3.8) is 0 Å². The lowest BCUT2D eigenvalue weighted by Crippen LogP contribution is -2.39. The van der Waals surface area contributed by atoms with Crippen molar-refractivity contribution >= 4 is 11.8 Å². The molecule has 3 heterocycles. The monoisotopic (exact) mass is 783 g/mol. The Labute approximate surface area is 340 Å². The van der Waals surface area contributed by atoms with Gasteiger partial charge in [0.25, 0.3) is 0 Å². The predicted octanol–water partition coefficient (Wildman–Crippen LogP) is 8.66. The summed E-state index contributed by atoms with van der Waals surface area (Å²) in [4.78, 5) is 35.5. The van der Waals surface area contributed by atoms with Crippen LogP contribution in [0, 0.1) is 6.92 Å². The zero-order valence-electron chi connectivity index (χ0n) is 32.6. The fourth-order valence-electron chi connectivity index (χ4n) is 7.47. The highest BCUT2D eigenvalue weighted by atomic mass is 16.6. The molecule has 0 spiro atoms. The van der Waals surface area contributed by atoms with Gasteiger partial charge in [-0.3, -0.25) is 0 Å². The number of hydrogen-bond donors (Lipinski definition) is 0. The molecule has 0 saturated heterocycles. The number of nitrogens with zero attached hydrogens (tertiary/aromatic N) is 7. The lowest BCUT2D eigenvalue weighted by atomic mass is 9.77. The average Bonchev–Trinajstić information content (AvgIpc) is 3.91. The second-order valence-corrected chi connectivity index (χ2v) is 14.0. The summed E-state index contributed by atoms with van der Waals surface area (Å²) in [5, 5.41) is 13.8. The van der Waals surface area contributed by atoms with E-state index in [2.05, 4.69) is 99.8 Å². The van der Waals surface area contributed by atoms with Gasteiger partial charge in [0.2, 0.25) is 0 Å². The van der Waals surface area contributed by atoms with E-state index in [4.69, 9.17) is 23.9 Å². The van der Waals surface area contributed by atoms with Crippen LogP contribution in [0.25, 0.3) is 22.5 Å². The van der Waals surface area contributed by atoms with Crippen molar-refractivity contribution in [1.82, 2.24) is 30.2 Å². The molecule has 8 aromatic rings. The van der Waals surface area contributed by atoms with Crippen LogP contribution < -0.4 is 10.7 Å². The van der Waals surface area contributed by atoms with E-state index in [9.17, 15) is 9.59 Å². The highest BCUT2D eigenvalue weighted by molar-refractivity contribution is 5.94. The van der Waals surface area contributed by atoms with Crippen molar-refractivity contribution in [2.75, 3.05) is 11.4 Å². The molecule has 0 aliphatic carbocycles. The molecular formula is C47H41N7O5. The van der Waals surface area contributed by atoms with E-state index in [0.29, 0.717) is 24.7 Å². The maximum atomic E-state index is 13.4. The molecule has 0 bridgehead atoms. The summed E-state index contributed by atoms with van der Waals surface area (Å²) in [5.74, 6) is -0.0413. The first-order chi connectivity index (χ1) is 29.0. The second-order valence-electron chi connectivity index (χ2n) is 14.0. The van der Waals surface area contributed by atoms with E-state index < -0.39 is 17.3 Å². The van der Waals surface area contributed by atoms with E-state index in [1.54, 1.807) is 6.92 Å². The number of esters is 1. The van der Waals surface area contributed by atoms with Crippen LogP contribution in [0.1, 0.15) is 63.9 Å². The van der Waals surface area contributed by atoms with Crippen molar-refractivity contribution in [2.45, 2.75) is 45.4 Å². The Hall–Kier alpha value is -7.47. The molecule has 12 heteroatoms. The van der Waals surface area contributed by atoms with Crippen LogP contribution in [0.5, 0.6) is 0 Å². The zero-order valence-corrected chi connectivity index (χ0v) is 32.6. The number of carbonyl (C=O) groups is 1. The van der Waals surface area contributed by atoms with Crippen molar-refractivity contribution in [2.24, 2.45) is 0 Å². The second kappa shape index (κ2) is 17.3. The predicted molar refractivity (Wildman–Crippen MR) is 222 cm³/mol. The molecule has 0 N–H and O–H groups in total. The smallest absolute Gasteiger partial charge is 0.454 e. The first-order valence-electron chi connectivity index (χ1n) is 19.4. The number of hydrogen-bond acceptors (Lipinski definition) is 11. The van der Waals surface area contributed by atoms with Gasteiger partial charge in [-0.05, 0) is 57.2 Å². The van der Waals surface area contributed by atoms with E-state index in [-0.39, 0.29) is 23.7 Å². The molecule has 0 amide bonds. The molecule has 5 aromatic carbocycles. The van der Waals surface area contributed by atoms with Gasteiger partial charge < -0.3 is 18.5 Å². The van der Waals surface area contributed by atoms with E-state index in [0.717, 1.165) is 51.8 Å². The summed E-state index contributed by atoms with van der Waals surface area (Å²) in [7, 11) is 0. The van der Waals surface area contributed by atoms with Gasteiger partial charge >= 0.3 is 11.8 Å². The van der Waals surface area contributed by atoms with Crippen molar-refractivity contribution in [3.05, 3.63) is 202 Å². The minimum Gasteiger partial charge on any atom is -0.454 e. The first-order valence-corrected chi connectivity index (χ1v) is 19.4. The SMILES string of the molecule is CCCCN(Cc1ccc(-c2ccccc2-c2nnnn2C(c2ccccc2)(c2ccccc2)c2ccccc2)cc1)c1ncncc1C(=O)OCc1oc(=O)oc1C. The number of carbonyl (C=O) groups excluding carboxylic acids is 1. The van der Waals surface area contributed by atoms with E-state index in [1.807, 2.05) is 71.4 Å². The van der Waals surface area contributed by atoms with Gasteiger partial charge in [-0.2, -0.15) is 0 Å². The molecule has 0 aliphatic rings. The van der Waals surface area contributed by atoms with Gasteiger partial charge in [-0.25, -0.2) is 24.2 Å². The molecule has 0 atom stereocenters. The van der Waals surface area contributed by atoms with Crippen LogP contribution in [0.2, 0.25) is 0 Å². The maximum Gasteiger partial charge on any atom is 0.519 e. The Morgan fingerprint density at radius 3 is 1.98 bits per heavy atom. The Bertz CT molecular complexity index is 2600. The normalized spacial score (nSPS) is 11.4. The van der Waals surface area contributed by atoms with Crippen LogP contribution in [0.4, 0.5) is 5.82 Å². The summed E-state index contributed by atoms with van der Waals surface area (Å²) < 4.78 is 17.4. The van der Waals surface area contributed by atoms with Gasteiger partial charge in [0.15, 0.2) is 24.0 Å². The molecule has 12 nitrogen and oxygen atoms in total. The maximum absolute atomic E-state index is 13.4. The number of rotatable bonds is 15. The number of aromatic nitrogens is 6. The lowest BCUT2D eigenvalue weighted by Gasteiger charge is -2.36. The summed E-state index contributed by atoms with van der Waals surface area (Å²) in [6.45, 7) is 4.53. The molecule has 0 saturated carbocycles. The third kappa shape index (κ3) is 7.80. The minimum atomic E-state index is -0.901. The summed E-state index contributed by atoms with van der Waals surface area (Å²) >= 11 is 0. The number of benzene rings is 5. The molecular weight excluding hydrogens is 743 g/mol. The highest BCUT2D eigenvalue weighted by Crippen LogP contribution is 2.43. The van der Waals surface area contributed by atoms with Crippen LogP contribution in [0.15, 0.2) is 166 Å². The van der Waals surface area contributed by atoms with Crippen LogP contribution in [-0.2, 0) is 23.4 Å². The molecule has 0 fully saturated rings. The standard InChI is InChI=1S/C47H41N7O5/c1-3-4-28-53(43-41(29-48-32-49-43)45(55)57-31-42-33(2)58-46(56)59-42)30-34-24-26-35(27-25-34)39-22-14-15-23-40(39)44-50-51-52-54(44)47(36-16-8-5-9-17-36,37-18-10-6-11-19-37)38-20-12-7-13-21-38/h5-27,29,32H,3-4,28,30-31H2,1-2H3. The van der Waals surface area contributed by atoms with Crippen molar-refractivity contribution in [1.29, 1.82) is 0 Å². The largest absolute Gasteiger partial charge is 0.519 e. The first kappa shape index (κ1) is 38.4. The van der Waals surface area contributed by atoms with Gasteiger partial charge in [0.05, 0.1) is 0 Å². The Morgan fingerprint density at radius 2 is 1.39 bits per heavy atom. The third-order valence-electron chi connectivity index (χ3n) is 10.3. The zero-order chi connectivity index (χ0) is 40.6. The number of unbranched alkanes of at least 4 members (excludes halogenated alkanes) is 1. The van der Waals surface area contributed by atoms with Crippen molar-refractivity contribution < 1.29 is 18.4 Å². The van der Waals surface area contributed by atoms with Crippen LogP contribution in [0.3, 0.4) is 0 Å². The summed E-state index contributed by atoms with van der Waals surface area (Å²) in [6, 6.07) is 47.5. The van der Waals surface area contributed by atoms with Gasteiger partial charge in [0.1, 0.15) is 23.2 Å². The fourth-order valence-corrected chi connectivity index (χ4v) is 7.47. The van der Waals surface area contributed by atoms with E-state index in [1.165, 1.54) is 12.5 Å². The third-order valence-corrected chi connectivity index (χ3v) is 10.3. The molecule has 8 rings (SSSR count). The average molecular weight is 784 g/mol. The number of anilines is 1. The number of ether oxygens (including phenoxy) is 1. The Morgan fingerprint density at radius 1 is 0.780 bits per heavy atom. The fraction of sp³-hybridized carbons (Fsp3) is 0.170. The summed E-state index contributed by atoms with van der Waals surface area (Å²) in [5.41, 5.74) is 6.18. The number of tetrazole rings is 1. The van der Waals surface area contributed by atoms with Crippen LogP contribution >= 0.6 is 0 Å². The topological polar surface area (TPSA) is 142 Å². The molecule has 0 radical (unpaired) electrons. The summed E-state index contributed by atoms with van der Waals surface area (Å²) in [6.07, 6.45) is 4.67. The Balaban J connectivity index is 1.13. The number of aryl methyl sites for hydroxylation is 1.